The van der Waals surface area contributed by atoms with Crippen LogP contribution >= 0.6 is 11.6 Å². The summed E-state index contributed by atoms with van der Waals surface area (Å²) in [5, 5.41) is 17.4. The number of tetrazole rings is 1. The Morgan fingerprint density at radius 2 is 1.79 bits per heavy atom. The first-order valence-electron chi connectivity index (χ1n) is 10.3. The lowest BCUT2D eigenvalue weighted by Gasteiger charge is -2.20. The summed E-state index contributed by atoms with van der Waals surface area (Å²) in [6, 6.07) is 21.1. The van der Waals surface area contributed by atoms with Crippen LogP contribution in [0, 0.1) is 6.92 Å². The SMILES string of the molecule is Cc1ccc(NC(=O)CC(NC(=O)c2ccccc2Cl)c2ccccc2)cc1-n1cnnn1. The molecule has 0 aliphatic carbocycles. The van der Waals surface area contributed by atoms with Crippen LogP contribution in [0.25, 0.3) is 5.69 Å². The Kier molecular flexibility index (Phi) is 6.75. The highest BCUT2D eigenvalue weighted by molar-refractivity contribution is 6.33. The molecule has 33 heavy (non-hydrogen) atoms. The Labute approximate surface area is 195 Å². The first-order valence-corrected chi connectivity index (χ1v) is 10.6. The van der Waals surface area contributed by atoms with Crippen LogP contribution in [-0.2, 0) is 4.79 Å². The summed E-state index contributed by atoms with van der Waals surface area (Å²) < 4.78 is 1.53. The predicted octanol–water partition coefficient (Wildman–Crippen LogP) is 4.12. The van der Waals surface area contributed by atoms with Gasteiger partial charge in [0.25, 0.3) is 5.91 Å². The molecule has 1 heterocycles. The molecule has 3 aromatic carbocycles. The van der Waals surface area contributed by atoms with Gasteiger partial charge in [-0.15, -0.1) is 5.10 Å². The van der Waals surface area contributed by atoms with Crippen LogP contribution in [0.5, 0.6) is 0 Å². The van der Waals surface area contributed by atoms with E-state index in [1.807, 2.05) is 43.3 Å². The number of anilines is 1. The standard InChI is InChI=1S/C24H21ClN6O2/c1-16-11-12-18(13-22(16)31-15-26-29-30-31)27-23(32)14-21(17-7-3-2-4-8-17)28-24(33)19-9-5-6-10-20(19)25/h2-13,15,21H,14H2,1H3,(H,27,32)(H,28,33). The number of nitrogens with zero attached hydrogens (tertiary/aromatic N) is 4. The van der Waals surface area contributed by atoms with Gasteiger partial charge in [0.05, 0.1) is 28.7 Å². The zero-order chi connectivity index (χ0) is 23.2. The molecule has 0 saturated heterocycles. The lowest BCUT2D eigenvalue weighted by molar-refractivity contribution is -0.116. The summed E-state index contributed by atoms with van der Waals surface area (Å²) in [7, 11) is 0. The molecule has 8 nitrogen and oxygen atoms in total. The third kappa shape index (κ3) is 5.42. The number of hydrogen-bond donors (Lipinski definition) is 2. The fraction of sp³-hybridized carbons (Fsp3) is 0.125. The van der Waals surface area contributed by atoms with E-state index >= 15 is 0 Å². The summed E-state index contributed by atoms with van der Waals surface area (Å²) in [5.74, 6) is -0.603. The van der Waals surface area contributed by atoms with Crippen LogP contribution in [0.4, 0.5) is 5.69 Å². The van der Waals surface area contributed by atoms with Crippen molar-refractivity contribution < 1.29 is 9.59 Å². The van der Waals surface area contributed by atoms with Gasteiger partial charge < -0.3 is 10.6 Å². The smallest absolute Gasteiger partial charge is 0.253 e. The fourth-order valence-electron chi connectivity index (χ4n) is 3.42. The van der Waals surface area contributed by atoms with Crippen molar-refractivity contribution >= 4 is 29.1 Å². The first kappa shape index (κ1) is 22.2. The largest absolute Gasteiger partial charge is 0.345 e. The van der Waals surface area contributed by atoms with Crippen LogP contribution in [-0.4, -0.2) is 32.0 Å². The maximum absolute atomic E-state index is 12.9. The highest BCUT2D eigenvalue weighted by Gasteiger charge is 2.20. The van der Waals surface area contributed by atoms with Gasteiger partial charge in [0, 0.05) is 5.69 Å². The van der Waals surface area contributed by atoms with Crippen molar-refractivity contribution in [2.24, 2.45) is 0 Å². The minimum absolute atomic E-state index is 0.0360. The number of aromatic nitrogens is 4. The monoisotopic (exact) mass is 460 g/mol. The van der Waals surface area contributed by atoms with E-state index < -0.39 is 6.04 Å². The Morgan fingerprint density at radius 3 is 2.52 bits per heavy atom. The zero-order valence-corrected chi connectivity index (χ0v) is 18.5. The molecule has 4 aromatic rings. The molecule has 166 valence electrons. The highest BCUT2D eigenvalue weighted by atomic mass is 35.5. The Hall–Kier alpha value is -4.04. The third-order valence-corrected chi connectivity index (χ3v) is 5.43. The second-order valence-electron chi connectivity index (χ2n) is 7.42. The number of nitrogens with one attached hydrogen (secondary N) is 2. The molecule has 0 fully saturated rings. The zero-order valence-electron chi connectivity index (χ0n) is 17.8. The van der Waals surface area contributed by atoms with Crippen molar-refractivity contribution in [3.8, 4) is 5.69 Å². The molecule has 0 bridgehead atoms. The molecule has 9 heteroatoms. The van der Waals surface area contributed by atoms with Gasteiger partial charge in [-0.1, -0.05) is 60.1 Å². The van der Waals surface area contributed by atoms with E-state index in [2.05, 4.69) is 26.2 Å². The number of aryl methyl sites for hydroxylation is 1. The Morgan fingerprint density at radius 1 is 1.03 bits per heavy atom. The normalized spacial score (nSPS) is 11.6. The minimum Gasteiger partial charge on any atom is -0.345 e. The molecule has 4 rings (SSSR count). The summed E-state index contributed by atoms with van der Waals surface area (Å²) >= 11 is 6.18. The van der Waals surface area contributed by atoms with E-state index in [1.165, 1.54) is 11.0 Å². The van der Waals surface area contributed by atoms with Crippen LogP contribution in [0.1, 0.15) is 33.9 Å². The average molecular weight is 461 g/mol. The number of carbonyl (C=O) groups is 2. The minimum atomic E-state index is -0.542. The molecule has 0 radical (unpaired) electrons. The van der Waals surface area contributed by atoms with Gasteiger partial charge >= 0.3 is 0 Å². The van der Waals surface area contributed by atoms with Crippen molar-refractivity contribution in [2.75, 3.05) is 5.32 Å². The quantitative estimate of drug-likeness (QED) is 0.432. The van der Waals surface area contributed by atoms with Crippen LogP contribution in [0.3, 0.4) is 0 Å². The molecule has 2 amide bonds. The fourth-order valence-corrected chi connectivity index (χ4v) is 3.64. The summed E-state index contributed by atoms with van der Waals surface area (Å²) in [6.07, 6.45) is 1.53. The number of amides is 2. The summed E-state index contributed by atoms with van der Waals surface area (Å²) in [6.45, 7) is 1.93. The number of hydrogen-bond acceptors (Lipinski definition) is 5. The van der Waals surface area contributed by atoms with Gasteiger partial charge in [0.15, 0.2) is 0 Å². The Bertz CT molecular complexity index is 1260. The van der Waals surface area contributed by atoms with E-state index in [9.17, 15) is 9.59 Å². The van der Waals surface area contributed by atoms with E-state index in [4.69, 9.17) is 11.6 Å². The second kappa shape index (κ2) is 10.1. The molecular weight excluding hydrogens is 440 g/mol. The van der Waals surface area contributed by atoms with Crippen molar-refractivity contribution in [2.45, 2.75) is 19.4 Å². The summed E-state index contributed by atoms with van der Waals surface area (Å²) in [4.78, 5) is 25.8. The van der Waals surface area contributed by atoms with Crippen molar-refractivity contribution in [3.63, 3.8) is 0 Å². The van der Waals surface area contributed by atoms with E-state index in [-0.39, 0.29) is 18.2 Å². The van der Waals surface area contributed by atoms with Gasteiger partial charge in [-0.3, -0.25) is 9.59 Å². The number of halogens is 1. The molecule has 0 spiro atoms. The van der Waals surface area contributed by atoms with E-state index in [0.717, 1.165) is 16.8 Å². The first-order chi connectivity index (χ1) is 16.0. The van der Waals surface area contributed by atoms with Gasteiger partial charge in [-0.05, 0) is 52.7 Å². The van der Waals surface area contributed by atoms with Crippen molar-refractivity contribution in [3.05, 3.63) is 101 Å². The molecule has 0 aliphatic rings. The molecule has 1 atom stereocenters. The second-order valence-corrected chi connectivity index (χ2v) is 7.83. The van der Waals surface area contributed by atoms with Gasteiger partial charge in [0.1, 0.15) is 6.33 Å². The summed E-state index contributed by atoms with van der Waals surface area (Å²) in [5.41, 5.74) is 3.47. The van der Waals surface area contributed by atoms with Gasteiger partial charge in [0.2, 0.25) is 5.91 Å². The van der Waals surface area contributed by atoms with Crippen LogP contribution in [0.15, 0.2) is 79.1 Å². The maximum Gasteiger partial charge on any atom is 0.253 e. The highest BCUT2D eigenvalue weighted by Crippen LogP contribution is 2.22. The van der Waals surface area contributed by atoms with Crippen LogP contribution < -0.4 is 10.6 Å². The lowest BCUT2D eigenvalue weighted by Crippen LogP contribution is -2.31. The Balaban J connectivity index is 1.52. The average Bonchev–Trinajstić information content (AvgIpc) is 3.35. The van der Waals surface area contributed by atoms with Crippen molar-refractivity contribution in [1.29, 1.82) is 0 Å². The van der Waals surface area contributed by atoms with Crippen LogP contribution in [0.2, 0.25) is 5.02 Å². The van der Waals surface area contributed by atoms with E-state index in [0.29, 0.717) is 16.3 Å². The molecule has 0 saturated carbocycles. The number of carbonyl (C=O) groups excluding carboxylic acids is 2. The number of benzene rings is 3. The topological polar surface area (TPSA) is 102 Å². The predicted molar refractivity (Wildman–Crippen MR) is 125 cm³/mol. The third-order valence-electron chi connectivity index (χ3n) is 5.10. The molecule has 0 aliphatic heterocycles. The lowest BCUT2D eigenvalue weighted by atomic mass is 10.0. The number of rotatable bonds is 7. The van der Waals surface area contributed by atoms with Gasteiger partial charge in [-0.2, -0.15) is 0 Å². The van der Waals surface area contributed by atoms with E-state index in [1.54, 1.807) is 36.4 Å². The molecule has 1 unspecified atom stereocenters. The maximum atomic E-state index is 12.9. The molecule has 2 N–H and O–H groups in total. The van der Waals surface area contributed by atoms with Crippen molar-refractivity contribution in [1.82, 2.24) is 25.5 Å². The molecule has 1 aromatic heterocycles. The molecular formula is C24H21ClN6O2. The van der Waals surface area contributed by atoms with Gasteiger partial charge in [-0.25, -0.2) is 4.68 Å².